The highest BCUT2D eigenvalue weighted by Crippen LogP contribution is 2.24. The SMILES string of the molecule is CCCc1nc2ccc(Br)cc2c(=O)n1N=Cc1cc([N+](=O)[O-])ccc1O[C@@H](C)C(=O)O. The summed E-state index contributed by atoms with van der Waals surface area (Å²) in [6.45, 7) is 3.27. The summed E-state index contributed by atoms with van der Waals surface area (Å²) < 4.78 is 7.25. The molecule has 0 amide bonds. The van der Waals surface area contributed by atoms with Crippen LogP contribution in [-0.2, 0) is 11.2 Å². The lowest BCUT2D eigenvalue weighted by molar-refractivity contribution is -0.384. The summed E-state index contributed by atoms with van der Waals surface area (Å²) in [4.78, 5) is 39.4. The van der Waals surface area contributed by atoms with Crippen LogP contribution in [0.4, 0.5) is 5.69 Å². The van der Waals surface area contributed by atoms with Crippen molar-refractivity contribution in [3.63, 3.8) is 0 Å². The van der Waals surface area contributed by atoms with E-state index in [1.54, 1.807) is 18.2 Å². The predicted molar refractivity (Wildman–Crippen MR) is 122 cm³/mol. The molecule has 0 radical (unpaired) electrons. The van der Waals surface area contributed by atoms with Crippen LogP contribution in [0.25, 0.3) is 10.9 Å². The monoisotopic (exact) mass is 502 g/mol. The highest BCUT2D eigenvalue weighted by Gasteiger charge is 2.17. The third kappa shape index (κ3) is 4.99. The second-order valence-corrected chi connectivity index (χ2v) is 7.79. The molecule has 0 saturated carbocycles. The number of fused-ring (bicyclic) bond motifs is 1. The average molecular weight is 503 g/mol. The summed E-state index contributed by atoms with van der Waals surface area (Å²) >= 11 is 3.34. The lowest BCUT2D eigenvalue weighted by Crippen LogP contribution is -2.24. The Kier molecular flexibility index (Phi) is 6.98. The van der Waals surface area contributed by atoms with E-state index in [1.807, 2.05) is 6.92 Å². The van der Waals surface area contributed by atoms with E-state index in [9.17, 15) is 19.7 Å². The molecule has 0 aliphatic rings. The molecule has 10 nitrogen and oxygen atoms in total. The molecule has 0 aliphatic carbocycles. The number of rotatable bonds is 8. The maximum absolute atomic E-state index is 13.1. The van der Waals surface area contributed by atoms with Gasteiger partial charge in [0.15, 0.2) is 6.10 Å². The number of hydrogen-bond donors (Lipinski definition) is 1. The molecule has 3 aromatic rings. The van der Waals surface area contributed by atoms with Gasteiger partial charge in [0.05, 0.1) is 22.0 Å². The predicted octanol–water partition coefficient (Wildman–Crippen LogP) is 3.75. The smallest absolute Gasteiger partial charge is 0.344 e. The number of nitrogens with zero attached hydrogens (tertiary/aromatic N) is 4. The highest BCUT2D eigenvalue weighted by atomic mass is 79.9. The summed E-state index contributed by atoms with van der Waals surface area (Å²) in [6.07, 6.45) is 1.22. The van der Waals surface area contributed by atoms with Gasteiger partial charge < -0.3 is 9.84 Å². The average Bonchev–Trinajstić information content (AvgIpc) is 2.74. The van der Waals surface area contributed by atoms with Gasteiger partial charge in [-0.25, -0.2) is 9.78 Å². The molecule has 1 aromatic heterocycles. The van der Waals surface area contributed by atoms with Gasteiger partial charge in [-0.2, -0.15) is 9.78 Å². The lowest BCUT2D eigenvalue weighted by atomic mass is 10.2. The second-order valence-electron chi connectivity index (χ2n) is 6.88. The molecule has 0 unspecified atom stereocenters. The Hall–Kier alpha value is -3.60. The maximum Gasteiger partial charge on any atom is 0.344 e. The number of halogens is 1. The Morgan fingerprint density at radius 2 is 2.12 bits per heavy atom. The van der Waals surface area contributed by atoms with E-state index in [0.29, 0.717) is 34.0 Å². The number of nitro benzene ring substituents is 1. The van der Waals surface area contributed by atoms with Gasteiger partial charge in [0.2, 0.25) is 0 Å². The summed E-state index contributed by atoms with van der Waals surface area (Å²) in [5.74, 6) is -0.691. The number of aromatic nitrogens is 2. The number of nitro groups is 1. The van der Waals surface area contributed by atoms with Crippen molar-refractivity contribution in [2.24, 2.45) is 5.10 Å². The first kappa shape index (κ1) is 23.1. The number of aryl methyl sites for hydroxylation is 1. The second kappa shape index (κ2) is 9.69. The van der Waals surface area contributed by atoms with Gasteiger partial charge in [0, 0.05) is 28.6 Å². The Bertz CT molecular complexity index is 1290. The van der Waals surface area contributed by atoms with Crippen LogP contribution in [0.2, 0.25) is 0 Å². The minimum Gasteiger partial charge on any atom is -0.479 e. The lowest BCUT2D eigenvalue weighted by Gasteiger charge is -2.13. The highest BCUT2D eigenvalue weighted by molar-refractivity contribution is 9.10. The van der Waals surface area contributed by atoms with Crippen molar-refractivity contribution in [1.29, 1.82) is 0 Å². The van der Waals surface area contributed by atoms with Crippen molar-refractivity contribution in [1.82, 2.24) is 9.66 Å². The third-order valence-corrected chi connectivity index (χ3v) is 5.01. The van der Waals surface area contributed by atoms with Crippen LogP contribution < -0.4 is 10.3 Å². The summed E-state index contributed by atoms with van der Waals surface area (Å²) in [5.41, 5.74) is 0.0463. The molecule has 3 rings (SSSR count). The van der Waals surface area contributed by atoms with Gasteiger partial charge in [-0.05, 0) is 37.6 Å². The van der Waals surface area contributed by atoms with E-state index in [0.717, 1.165) is 4.68 Å². The van der Waals surface area contributed by atoms with Crippen molar-refractivity contribution in [3.8, 4) is 5.75 Å². The molecule has 1 atom stereocenters. The first-order valence-electron chi connectivity index (χ1n) is 9.64. The minimum atomic E-state index is -1.20. The van der Waals surface area contributed by atoms with Gasteiger partial charge in [-0.1, -0.05) is 22.9 Å². The quantitative estimate of drug-likeness (QED) is 0.281. The number of ether oxygens (including phenoxy) is 1. The zero-order valence-corrected chi connectivity index (χ0v) is 18.8. The number of non-ortho nitro benzene ring substituents is 1. The van der Waals surface area contributed by atoms with Gasteiger partial charge in [0.25, 0.3) is 11.2 Å². The van der Waals surface area contributed by atoms with Gasteiger partial charge in [0.1, 0.15) is 11.6 Å². The summed E-state index contributed by atoms with van der Waals surface area (Å²) in [7, 11) is 0. The molecule has 0 spiro atoms. The summed E-state index contributed by atoms with van der Waals surface area (Å²) in [5, 5.41) is 24.9. The Balaban J connectivity index is 2.15. The summed E-state index contributed by atoms with van der Waals surface area (Å²) in [6, 6.07) is 8.85. The van der Waals surface area contributed by atoms with Gasteiger partial charge in [-0.15, -0.1) is 0 Å². The largest absolute Gasteiger partial charge is 0.479 e. The Labute approximate surface area is 190 Å². The molecule has 32 heavy (non-hydrogen) atoms. The fourth-order valence-corrected chi connectivity index (χ4v) is 3.28. The van der Waals surface area contributed by atoms with Crippen LogP contribution >= 0.6 is 15.9 Å². The molecule has 1 heterocycles. The molecular weight excluding hydrogens is 484 g/mol. The van der Waals surface area contributed by atoms with Crippen molar-refractivity contribution in [2.75, 3.05) is 0 Å². The number of benzene rings is 2. The van der Waals surface area contributed by atoms with E-state index in [2.05, 4.69) is 26.0 Å². The van der Waals surface area contributed by atoms with Crippen LogP contribution in [0.1, 0.15) is 31.7 Å². The molecule has 2 aromatic carbocycles. The number of carboxylic acid groups (broad SMARTS) is 1. The van der Waals surface area contributed by atoms with E-state index < -0.39 is 22.6 Å². The first-order valence-corrected chi connectivity index (χ1v) is 10.4. The Morgan fingerprint density at radius 3 is 2.78 bits per heavy atom. The van der Waals surface area contributed by atoms with Crippen molar-refractivity contribution in [3.05, 3.63) is 72.7 Å². The van der Waals surface area contributed by atoms with E-state index >= 15 is 0 Å². The van der Waals surface area contributed by atoms with E-state index in [-0.39, 0.29) is 17.0 Å². The molecule has 1 N–H and O–H groups in total. The molecule has 0 aliphatic heterocycles. The van der Waals surface area contributed by atoms with Crippen LogP contribution in [-0.4, -0.2) is 38.0 Å². The molecular formula is C21H19BrN4O6. The number of hydrogen-bond acceptors (Lipinski definition) is 7. The molecule has 0 bridgehead atoms. The van der Waals surface area contributed by atoms with E-state index in [4.69, 9.17) is 9.84 Å². The zero-order chi connectivity index (χ0) is 23.4. The molecule has 0 saturated heterocycles. The zero-order valence-electron chi connectivity index (χ0n) is 17.2. The topological polar surface area (TPSA) is 137 Å². The maximum atomic E-state index is 13.1. The van der Waals surface area contributed by atoms with Gasteiger partial charge >= 0.3 is 5.97 Å². The van der Waals surface area contributed by atoms with Crippen molar-refractivity contribution >= 4 is 44.7 Å². The van der Waals surface area contributed by atoms with Gasteiger partial charge in [-0.3, -0.25) is 14.9 Å². The van der Waals surface area contributed by atoms with Crippen LogP contribution in [0.3, 0.4) is 0 Å². The molecule has 11 heteroatoms. The fourth-order valence-electron chi connectivity index (χ4n) is 2.92. The van der Waals surface area contributed by atoms with Crippen LogP contribution in [0, 0.1) is 10.1 Å². The van der Waals surface area contributed by atoms with E-state index in [1.165, 1.54) is 31.3 Å². The normalized spacial score (nSPS) is 12.2. The molecule has 166 valence electrons. The van der Waals surface area contributed by atoms with Crippen LogP contribution in [0.5, 0.6) is 5.75 Å². The standard InChI is InChI=1S/C21H19BrN4O6/c1-3-4-19-24-17-7-5-14(22)10-16(17)20(27)25(19)23-11-13-9-15(26(30)31)6-8-18(13)32-12(2)21(28)29/h5-12H,3-4H2,1-2H3,(H,28,29)/t12-/m0/s1. The van der Waals surface area contributed by atoms with Crippen molar-refractivity contribution in [2.45, 2.75) is 32.8 Å². The third-order valence-electron chi connectivity index (χ3n) is 4.52. The Morgan fingerprint density at radius 1 is 1.38 bits per heavy atom. The minimum absolute atomic E-state index is 0.0795. The number of aliphatic carboxylic acids is 1. The number of carbonyl (C=O) groups is 1. The van der Waals surface area contributed by atoms with Crippen molar-refractivity contribution < 1.29 is 19.6 Å². The van der Waals surface area contributed by atoms with Crippen LogP contribution in [0.15, 0.2) is 50.8 Å². The first-order chi connectivity index (χ1) is 15.2. The number of carboxylic acids is 1. The molecule has 0 fully saturated rings. The fraction of sp³-hybridized carbons (Fsp3) is 0.238.